The molecule has 0 radical (unpaired) electrons. The number of hydrogen-bond donors (Lipinski definition) is 2. The molecule has 2 N–H and O–H groups in total. The predicted molar refractivity (Wildman–Crippen MR) is 48.4 cm³/mol. The van der Waals surface area contributed by atoms with Crippen LogP contribution in [0, 0.1) is 13.8 Å². The van der Waals surface area contributed by atoms with Gasteiger partial charge in [0.05, 0.1) is 11.0 Å². The van der Waals surface area contributed by atoms with Crippen molar-refractivity contribution in [2.75, 3.05) is 0 Å². The van der Waals surface area contributed by atoms with Gasteiger partial charge in [0, 0.05) is 0 Å². The van der Waals surface area contributed by atoms with Crippen LogP contribution in [0.15, 0.2) is 16.9 Å². The highest BCUT2D eigenvalue weighted by Crippen LogP contribution is 2.13. The Labute approximate surface area is 69.4 Å². The molecule has 0 aliphatic heterocycles. The third kappa shape index (κ3) is 0.942. The lowest BCUT2D eigenvalue weighted by Gasteiger charge is -1.97. The van der Waals surface area contributed by atoms with E-state index in [2.05, 4.69) is 9.97 Å². The van der Waals surface area contributed by atoms with Crippen LogP contribution < -0.4 is 5.69 Å². The molecule has 0 atom stereocenters. The Hall–Kier alpha value is -1.51. The Morgan fingerprint density at radius 3 is 1.83 bits per heavy atom. The normalized spacial score (nSPS) is 10.8. The molecular weight excluding hydrogens is 152 g/mol. The smallest absolute Gasteiger partial charge is 0.306 e. The number of rotatable bonds is 0. The Balaban J connectivity index is 2.92. The van der Waals surface area contributed by atoms with Gasteiger partial charge in [0.1, 0.15) is 0 Å². The van der Waals surface area contributed by atoms with E-state index in [-0.39, 0.29) is 5.69 Å². The van der Waals surface area contributed by atoms with Crippen molar-refractivity contribution in [3.8, 4) is 0 Å². The van der Waals surface area contributed by atoms with E-state index in [9.17, 15) is 4.79 Å². The largest absolute Gasteiger partial charge is 0.323 e. The summed E-state index contributed by atoms with van der Waals surface area (Å²) in [6, 6.07) is 3.95. The fourth-order valence-electron chi connectivity index (χ4n) is 1.30. The van der Waals surface area contributed by atoms with Crippen LogP contribution in [-0.2, 0) is 0 Å². The first kappa shape index (κ1) is 7.16. The molecule has 0 saturated carbocycles. The number of nitrogens with one attached hydrogen (secondary N) is 2. The number of aryl methyl sites for hydroxylation is 2. The van der Waals surface area contributed by atoms with Crippen LogP contribution in [-0.4, -0.2) is 9.97 Å². The predicted octanol–water partition coefficient (Wildman–Crippen LogP) is 1.47. The highest BCUT2D eigenvalue weighted by atomic mass is 16.1. The van der Waals surface area contributed by atoms with Crippen molar-refractivity contribution in [1.82, 2.24) is 9.97 Å². The van der Waals surface area contributed by atoms with Crippen LogP contribution in [0.5, 0.6) is 0 Å². The van der Waals surface area contributed by atoms with Gasteiger partial charge in [-0.15, -0.1) is 0 Å². The topological polar surface area (TPSA) is 48.6 Å². The zero-order chi connectivity index (χ0) is 8.72. The Morgan fingerprint density at radius 2 is 1.42 bits per heavy atom. The molecule has 1 heterocycles. The molecule has 0 spiro atoms. The second kappa shape index (κ2) is 2.24. The summed E-state index contributed by atoms with van der Waals surface area (Å²) >= 11 is 0. The highest BCUT2D eigenvalue weighted by Gasteiger charge is 1.99. The second-order valence-electron chi connectivity index (χ2n) is 3.06. The molecule has 0 fully saturated rings. The Bertz CT molecular complexity index is 437. The van der Waals surface area contributed by atoms with Crippen molar-refractivity contribution in [1.29, 1.82) is 0 Å². The molecule has 0 aliphatic rings. The molecule has 3 heteroatoms. The van der Waals surface area contributed by atoms with Gasteiger partial charge in [-0.1, -0.05) is 0 Å². The lowest BCUT2D eigenvalue weighted by atomic mass is 10.1. The van der Waals surface area contributed by atoms with Gasteiger partial charge in [-0.3, -0.25) is 0 Å². The molecule has 0 bridgehead atoms. The van der Waals surface area contributed by atoms with Gasteiger partial charge in [-0.05, 0) is 37.1 Å². The summed E-state index contributed by atoms with van der Waals surface area (Å²) < 4.78 is 0. The first-order valence-corrected chi connectivity index (χ1v) is 3.86. The Kier molecular flexibility index (Phi) is 1.33. The average Bonchev–Trinajstić information content (AvgIpc) is 2.30. The van der Waals surface area contributed by atoms with Gasteiger partial charge < -0.3 is 9.97 Å². The molecule has 62 valence electrons. The van der Waals surface area contributed by atoms with E-state index in [1.165, 1.54) is 11.1 Å². The Morgan fingerprint density at radius 1 is 1.00 bits per heavy atom. The van der Waals surface area contributed by atoms with Gasteiger partial charge >= 0.3 is 5.69 Å². The summed E-state index contributed by atoms with van der Waals surface area (Å²) in [5.74, 6) is 0. The third-order valence-electron chi connectivity index (χ3n) is 2.13. The molecule has 2 aromatic rings. The highest BCUT2D eigenvalue weighted by molar-refractivity contribution is 5.76. The van der Waals surface area contributed by atoms with E-state index < -0.39 is 0 Å². The quantitative estimate of drug-likeness (QED) is 0.605. The summed E-state index contributed by atoms with van der Waals surface area (Å²) in [6.45, 7) is 4.06. The van der Waals surface area contributed by atoms with Crippen LogP contribution in [0.4, 0.5) is 0 Å². The third-order valence-corrected chi connectivity index (χ3v) is 2.13. The zero-order valence-corrected chi connectivity index (χ0v) is 7.06. The fraction of sp³-hybridized carbons (Fsp3) is 0.222. The lowest BCUT2D eigenvalue weighted by Crippen LogP contribution is -1.99. The number of aromatic amines is 2. The van der Waals surface area contributed by atoms with Crippen molar-refractivity contribution < 1.29 is 0 Å². The molecule has 0 saturated heterocycles. The van der Waals surface area contributed by atoms with Gasteiger partial charge in [-0.2, -0.15) is 0 Å². The SMILES string of the molecule is Cc1cc2[nH]c(=O)[nH]c2cc1C. The van der Waals surface area contributed by atoms with Crippen LogP contribution in [0.3, 0.4) is 0 Å². The van der Waals surface area contributed by atoms with Gasteiger partial charge in [0.15, 0.2) is 0 Å². The van der Waals surface area contributed by atoms with Crippen molar-refractivity contribution >= 4 is 11.0 Å². The van der Waals surface area contributed by atoms with E-state index in [0.717, 1.165) is 11.0 Å². The van der Waals surface area contributed by atoms with Crippen LogP contribution in [0.1, 0.15) is 11.1 Å². The molecule has 0 amide bonds. The summed E-state index contributed by atoms with van der Waals surface area (Å²) in [5.41, 5.74) is 4.00. The molecule has 1 aromatic heterocycles. The molecular formula is C9H10N2O. The number of H-pyrrole nitrogens is 2. The minimum Gasteiger partial charge on any atom is -0.306 e. The minimum absolute atomic E-state index is 0.144. The fourth-order valence-corrected chi connectivity index (χ4v) is 1.30. The zero-order valence-electron chi connectivity index (χ0n) is 7.06. The van der Waals surface area contributed by atoms with Crippen molar-refractivity contribution in [2.24, 2.45) is 0 Å². The standard InChI is InChI=1S/C9H10N2O/c1-5-3-7-8(4-6(5)2)11-9(12)10-7/h3-4H,1-2H3,(H2,10,11,12). The summed E-state index contributed by atoms with van der Waals surface area (Å²) in [5, 5.41) is 0. The maximum atomic E-state index is 10.9. The van der Waals surface area contributed by atoms with E-state index in [4.69, 9.17) is 0 Å². The first-order valence-electron chi connectivity index (χ1n) is 3.86. The lowest BCUT2D eigenvalue weighted by molar-refractivity contribution is 1.21. The van der Waals surface area contributed by atoms with E-state index >= 15 is 0 Å². The number of hydrogen-bond acceptors (Lipinski definition) is 1. The summed E-state index contributed by atoms with van der Waals surface area (Å²) in [7, 11) is 0. The number of fused-ring (bicyclic) bond motifs is 1. The van der Waals surface area contributed by atoms with E-state index in [1.54, 1.807) is 0 Å². The molecule has 12 heavy (non-hydrogen) atoms. The first-order chi connectivity index (χ1) is 5.66. The maximum absolute atomic E-state index is 10.9. The maximum Gasteiger partial charge on any atom is 0.323 e. The van der Waals surface area contributed by atoms with E-state index in [0.29, 0.717) is 0 Å². The molecule has 0 unspecified atom stereocenters. The second-order valence-corrected chi connectivity index (χ2v) is 3.06. The molecule has 2 rings (SSSR count). The molecule has 1 aromatic carbocycles. The van der Waals surface area contributed by atoms with Gasteiger partial charge in [0.25, 0.3) is 0 Å². The van der Waals surface area contributed by atoms with Crippen LogP contribution in [0.2, 0.25) is 0 Å². The van der Waals surface area contributed by atoms with Gasteiger partial charge in [-0.25, -0.2) is 4.79 Å². The number of benzene rings is 1. The number of aromatic nitrogens is 2. The van der Waals surface area contributed by atoms with Crippen molar-refractivity contribution in [3.05, 3.63) is 33.7 Å². The average molecular weight is 162 g/mol. The molecule has 3 nitrogen and oxygen atoms in total. The van der Waals surface area contributed by atoms with E-state index in [1.807, 2.05) is 26.0 Å². The van der Waals surface area contributed by atoms with Gasteiger partial charge in [0.2, 0.25) is 0 Å². The van der Waals surface area contributed by atoms with Crippen molar-refractivity contribution in [2.45, 2.75) is 13.8 Å². The minimum atomic E-state index is -0.144. The van der Waals surface area contributed by atoms with Crippen LogP contribution >= 0.6 is 0 Å². The summed E-state index contributed by atoms with van der Waals surface area (Å²) in [4.78, 5) is 16.3. The molecule has 0 aliphatic carbocycles. The number of imidazole rings is 1. The monoisotopic (exact) mass is 162 g/mol. The van der Waals surface area contributed by atoms with Crippen molar-refractivity contribution in [3.63, 3.8) is 0 Å². The van der Waals surface area contributed by atoms with Crippen LogP contribution in [0.25, 0.3) is 11.0 Å². The summed E-state index contributed by atoms with van der Waals surface area (Å²) in [6.07, 6.45) is 0.